The maximum absolute atomic E-state index is 8.94. The number of nitriles is 1. The maximum atomic E-state index is 8.94. The summed E-state index contributed by atoms with van der Waals surface area (Å²) in [5, 5.41) is 12.3. The molecule has 3 heteroatoms. The van der Waals surface area contributed by atoms with Gasteiger partial charge in [-0.3, -0.25) is 0 Å². The van der Waals surface area contributed by atoms with Crippen molar-refractivity contribution in [2.45, 2.75) is 12.5 Å². The van der Waals surface area contributed by atoms with Gasteiger partial charge in [0, 0.05) is 10.2 Å². The first kappa shape index (κ1) is 12.7. The summed E-state index contributed by atoms with van der Waals surface area (Å²) in [6.45, 7) is 0. The zero-order chi connectivity index (χ0) is 12.8. The van der Waals surface area contributed by atoms with Crippen LogP contribution < -0.4 is 5.32 Å². The third kappa shape index (κ3) is 3.12. The molecule has 0 aliphatic heterocycles. The average molecular weight is 301 g/mol. The highest BCUT2D eigenvalue weighted by Crippen LogP contribution is 2.27. The van der Waals surface area contributed by atoms with Gasteiger partial charge in [0.25, 0.3) is 0 Å². The molecular weight excluding hydrogens is 288 g/mol. The molecule has 0 heterocycles. The molecule has 2 nitrogen and oxygen atoms in total. The molecule has 0 radical (unpaired) electrons. The fourth-order valence-electron chi connectivity index (χ4n) is 1.79. The van der Waals surface area contributed by atoms with Crippen molar-refractivity contribution < 1.29 is 0 Å². The minimum atomic E-state index is 0.00917. The van der Waals surface area contributed by atoms with Crippen LogP contribution in [0, 0.1) is 11.3 Å². The largest absolute Gasteiger partial charge is 0.376 e. The van der Waals surface area contributed by atoms with Gasteiger partial charge in [-0.05, 0) is 33.6 Å². The van der Waals surface area contributed by atoms with Crippen LogP contribution in [0.1, 0.15) is 18.0 Å². The molecule has 1 atom stereocenters. The van der Waals surface area contributed by atoms with Gasteiger partial charge in [0.1, 0.15) is 0 Å². The summed E-state index contributed by atoms with van der Waals surface area (Å²) < 4.78 is 1.00. The lowest BCUT2D eigenvalue weighted by Gasteiger charge is -2.18. The average Bonchev–Trinajstić information content (AvgIpc) is 2.42. The van der Waals surface area contributed by atoms with E-state index in [-0.39, 0.29) is 6.04 Å². The summed E-state index contributed by atoms with van der Waals surface area (Å²) in [5.74, 6) is 0. The van der Waals surface area contributed by atoms with Gasteiger partial charge < -0.3 is 5.32 Å². The Morgan fingerprint density at radius 3 is 2.39 bits per heavy atom. The van der Waals surface area contributed by atoms with Crippen LogP contribution in [0.25, 0.3) is 0 Å². The molecule has 0 aromatic heterocycles. The van der Waals surface area contributed by atoms with E-state index in [2.05, 4.69) is 27.3 Å². The number of hydrogen-bond acceptors (Lipinski definition) is 2. The summed E-state index contributed by atoms with van der Waals surface area (Å²) in [6.07, 6.45) is 0.436. The van der Waals surface area contributed by atoms with E-state index < -0.39 is 0 Å². The third-order valence-electron chi connectivity index (χ3n) is 2.70. The smallest absolute Gasteiger partial charge is 0.0647 e. The summed E-state index contributed by atoms with van der Waals surface area (Å²) in [5.41, 5.74) is 2.12. The Hall–Kier alpha value is -1.79. The first-order valence-corrected chi connectivity index (χ1v) is 6.53. The Bertz CT molecular complexity index is 546. The van der Waals surface area contributed by atoms with Crippen molar-refractivity contribution in [2.24, 2.45) is 0 Å². The number of rotatable bonds is 4. The molecule has 2 aromatic carbocycles. The van der Waals surface area contributed by atoms with Gasteiger partial charge in [-0.15, -0.1) is 0 Å². The number of hydrogen-bond donors (Lipinski definition) is 1. The molecule has 2 aromatic rings. The molecule has 0 fully saturated rings. The molecule has 0 bridgehead atoms. The second kappa shape index (κ2) is 6.23. The first-order valence-electron chi connectivity index (χ1n) is 5.74. The molecule has 0 aliphatic rings. The van der Waals surface area contributed by atoms with Crippen LogP contribution in [-0.4, -0.2) is 0 Å². The second-order valence-corrected chi connectivity index (χ2v) is 4.80. The number of anilines is 1. The highest BCUT2D eigenvalue weighted by Gasteiger charge is 2.11. The third-order valence-corrected chi connectivity index (χ3v) is 3.39. The molecule has 0 amide bonds. The predicted octanol–water partition coefficient (Wildman–Crippen LogP) is 4.52. The monoisotopic (exact) mass is 300 g/mol. The highest BCUT2D eigenvalue weighted by molar-refractivity contribution is 9.10. The number of benzene rings is 2. The minimum Gasteiger partial charge on any atom is -0.376 e. The molecule has 1 unspecified atom stereocenters. The molecule has 0 saturated carbocycles. The highest BCUT2D eigenvalue weighted by atomic mass is 79.9. The SMILES string of the molecule is N#CCC(Nc1ccccc1Br)c1ccccc1. The van der Waals surface area contributed by atoms with Crippen molar-refractivity contribution in [1.82, 2.24) is 0 Å². The predicted molar refractivity (Wildman–Crippen MR) is 77.2 cm³/mol. The van der Waals surface area contributed by atoms with Crippen LogP contribution in [0.4, 0.5) is 5.69 Å². The van der Waals surface area contributed by atoms with E-state index in [1.807, 2.05) is 54.6 Å². The number of nitrogens with zero attached hydrogens (tertiary/aromatic N) is 1. The maximum Gasteiger partial charge on any atom is 0.0647 e. The van der Waals surface area contributed by atoms with Gasteiger partial charge in [-0.1, -0.05) is 42.5 Å². The fraction of sp³-hybridized carbons (Fsp3) is 0.133. The van der Waals surface area contributed by atoms with E-state index in [0.717, 1.165) is 15.7 Å². The van der Waals surface area contributed by atoms with E-state index in [1.54, 1.807) is 0 Å². The Labute approximate surface area is 115 Å². The minimum absolute atomic E-state index is 0.00917. The molecule has 0 aliphatic carbocycles. The summed E-state index contributed by atoms with van der Waals surface area (Å²) >= 11 is 3.50. The van der Waals surface area contributed by atoms with Gasteiger partial charge in [0.05, 0.1) is 18.5 Å². The van der Waals surface area contributed by atoms with Gasteiger partial charge >= 0.3 is 0 Å². The molecular formula is C15H13BrN2. The second-order valence-electron chi connectivity index (χ2n) is 3.95. The molecule has 18 heavy (non-hydrogen) atoms. The van der Waals surface area contributed by atoms with E-state index in [4.69, 9.17) is 5.26 Å². The number of nitrogens with one attached hydrogen (secondary N) is 1. The number of para-hydroxylation sites is 1. The van der Waals surface area contributed by atoms with E-state index in [9.17, 15) is 0 Å². The topological polar surface area (TPSA) is 35.8 Å². The first-order chi connectivity index (χ1) is 8.81. The number of halogens is 1. The van der Waals surface area contributed by atoms with Crippen LogP contribution in [0.3, 0.4) is 0 Å². The normalized spacial score (nSPS) is 11.6. The van der Waals surface area contributed by atoms with Crippen molar-refractivity contribution in [2.75, 3.05) is 5.32 Å². The Balaban J connectivity index is 2.23. The van der Waals surface area contributed by atoms with Gasteiger partial charge in [0.2, 0.25) is 0 Å². The Morgan fingerprint density at radius 2 is 1.72 bits per heavy atom. The van der Waals surface area contributed by atoms with E-state index >= 15 is 0 Å². The van der Waals surface area contributed by atoms with Crippen molar-refractivity contribution in [3.63, 3.8) is 0 Å². The standard InChI is InChI=1S/C15H13BrN2/c16-13-8-4-5-9-15(13)18-14(10-11-17)12-6-2-1-3-7-12/h1-9,14,18H,10H2. The summed E-state index contributed by atoms with van der Waals surface area (Å²) in [6, 6.07) is 20.2. The van der Waals surface area contributed by atoms with Crippen LogP contribution in [0.15, 0.2) is 59.1 Å². The lowest BCUT2D eigenvalue weighted by atomic mass is 10.0. The van der Waals surface area contributed by atoms with Crippen molar-refractivity contribution in [3.05, 3.63) is 64.6 Å². The van der Waals surface area contributed by atoms with Gasteiger partial charge in [-0.2, -0.15) is 5.26 Å². The zero-order valence-electron chi connectivity index (χ0n) is 9.81. The van der Waals surface area contributed by atoms with E-state index in [1.165, 1.54) is 0 Å². The van der Waals surface area contributed by atoms with Crippen LogP contribution in [0.5, 0.6) is 0 Å². The molecule has 0 spiro atoms. The Kier molecular flexibility index (Phi) is 4.38. The van der Waals surface area contributed by atoms with Gasteiger partial charge in [0.15, 0.2) is 0 Å². The summed E-state index contributed by atoms with van der Waals surface area (Å²) in [7, 11) is 0. The molecule has 2 rings (SSSR count). The molecule has 90 valence electrons. The molecule has 0 saturated heterocycles. The van der Waals surface area contributed by atoms with Gasteiger partial charge in [-0.25, -0.2) is 0 Å². The van der Waals surface area contributed by atoms with Crippen LogP contribution in [-0.2, 0) is 0 Å². The quantitative estimate of drug-likeness (QED) is 0.901. The van der Waals surface area contributed by atoms with Crippen molar-refractivity contribution in [3.8, 4) is 6.07 Å². The van der Waals surface area contributed by atoms with E-state index in [0.29, 0.717) is 6.42 Å². The Morgan fingerprint density at radius 1 is 1.06 bits per heavy atom. The van der Waals surface area contributed by atoms with Crippen molar-refractivity contribution >= 4 is 21.6 Å². The zero-order valence-corrected chi connectivity index (χ0v) is 11.4. The lowest BCUT2D eigenvalue weighted by molar-refractivity contribution is 0.805. The fourth-order valence-corrected chi connectivity index (χ4v) is 2.19. The summed E-state index contributed by atoms with van der Waals surface area (Å²) in [4.78, 5) is 0. The molecule has 1 N–H and O–H groups in total. The van der Waals surface area contributed by atoms with Crippen LogP contribution in [0.2, 0.25) is 0 Å². The van der Waals surface area contributed by atoms with Crippen molar-refractivity contribution in [1.29, 1.82) is 5.26 Å². The lowest BCUT2D eigenvalue weighted by Crippen LogP contribution is -2.10. The van der Waals surface area contributed by atoms with Crippen LogP contribution >= 0.6 is 15.9 Å².